The molecule has 0 saturated carbocycles. The summed E-state index contributed by atoms with van der Waals surface area (Å²) in [6.07, 6.45) is -0.324. The van der Waals surface area contributed by atoms with Crippen LogP contribution in [0.5, 0.6) is 0 Å². The van der Waals surface area contributed by atoms with E-state index < -0.39 is 27.9 Å². The number of rotatable bonds is 6. The van der Waals surface area contributed by atoms with Crippen molar-refractivity contribution in [2.75, 3.05) is 18.8 Å². The predicted molar refractivity (Wildman–Crippen MR) is 112 cm³/mol. The molecule has 31 heavy (non-hydrogen) atoms. The molecule has 0 atom stereocenters. The van der Waals surface area contributed by atoms with Crippen LogP contribution in [0.4, 0.5) is 4.39 Å². The first-order chi connectivity index (χ1) is 14.8. The number of likely N-dealkylation sites (tertiary alicyclic amines) is 1. The van der Waals surface area contributed by atoms with Crippen LogP contribution in [0, 0.1) is 5.82 Å². The molecular formula is C21H20FN3O5S. The van der Waals surface area contributed by atoms with Crippen molar-refractivity contribution >= 4 is 26.8 Å². The summed E-state index contributed by atoms with van der Waals surface area (Å²) in [6, 6.07) is 11.3. The van der Waals surface area contributed by atoms with Crippen LogP contribution < -0.4 is 5.56 Å². The molecule has 1 aliphatic rings. The molecule has 3 aromatic rings. The summed E-state index contributed by atoms with van der Waals surface area (Å²) in [5.41, 5.74) is 0.843. The molecule has 4 rings (SSSR count). The van der Waals surface area contributed by atoms with Crippen LogP contribution in [0.15, 0.2) is 47.3 Å². The van der Waals surface area contributed by atoms with Gasteiger partial charge in [0.25, 0.3) is 21.6 Å². The zero-order chi connectivity index (χ0) is 22.2. The molecule has 1 aliphatic heterocycles. The number of aromatic nitrogens is 2. The third kappa shape index (κ3) is 4.35. The summed E-state index contributed by atoms with van der Waals surface area (Å²) in [4.78, 5) is 26.0. The lowest BCUT2D eigenvalue weighted by Gasteiger charge is -2.38. The Bertz CT molecular complexity index is 1320. The zero-order valence-electron chi connectivity index (χ0n) is 16.7. The van der Waals surface area contributed by atoms with E-state index in [1.165, 1.54) is 24.0 Å². The Morgan fingerprint density at radius 1 is 1.23 bits per heavy atom. The fourth-order valence-electron chi connectivity index (χ4n) is 3.46. The maximum atomic E-state index is 14.4. The van der Waals surface area contributed by atoms with Crippen molar-refractivity contribution in [1.29, 1.82) is 0 Å². The molecule has 0 aliphatic carbocycles. The number of halogens is 1. The second-order valence-electron chi connectivity index (χ2n) is 7.31. The van der Waals surface area contributed by atoms with Crippen LogP contribution in [0.2, 0.25) is 0 Å². The highest BCUT2D eigenvalue weighted by molar-refractivity contribution is 7.86. The number of hydrogen-bond acceptors (Lipinski definition) is 6. The van der Waals surface area contributed by atoms with Crippen molar-refractivity contribution in [1.82, 2.24) is 15.1 Å². The van der Waals surface area contributed by atoms with Crippen LogP contribution in [0.3, 0.4) is 0 Å². The number of amides is 1. The number of hydrogen-bond donors (Lipinski definition) is 1. The maximum absolute atomic E-state index is 14.4. The summed E-state index contributed by atoms with van der Waals surface area (Å²) >= 11 is 0. The molecule has 10 heteroatoms. The quantitative estimate of drug-likeness (QED) is 0.580. The van der Waals surface area contributed by atoms with E-state index in [0.717, 1.165) is 0 Å². The maximum Gasteiger partial charge on any atom is 0.272 e. The van der Waals surface area contributed by atoms with E-state index in [4.69, 9.17) is 4.18 Å². The number of carbonyl (C=O) groups excluding carboxylic acids is 1. The minimum Gasteiger partial charge on any atom is -0.333 e. The SMILES string of the molecule is CCS(=O)(=O)OC1CN(C(=O)c2cc(Cc3n[nH]c(=O)c4ccccc34)ccc2F)C1. The first-order valence-corrected chi connectivity index (χ1v) is 11.3. The largest absolute Gasteiger partial charge is 0.333 e. The van der Waals surface area contributed by atoms with E-state index in [2.05, 4.69) is 10.2 Å². The van der Waals surface area contributed by atoms with Gasteiger partial charge in [0.05, 0.1) is 35.5 Å². The summed E-state index contributed by atoms with van der Waals surface area (Å²) in [5.74, 6) is -1.35. The van der Waals surface area contributed by atoms with E-state index in [1.54, 1.807) is 30.3 Å². The Morgan fingerprint density at radius 2 is 1.94 bits per heavy atom. The van der Waals surface area contributed by atoms with Gasteiger partial charge in [-0.1, -0.05) is 24.3 Å². The topological polar surface area (TPSA) is 109 Å². The first-order valence-electron chi connectivity index (χ1n) is 9.72. The number of benzene rings is 2. The van der Waals surface area contributed by atoms with Crippen LogP contribution in [-0.4, -0.2) is 54.4 Å². The van der Waals surface area contributed by atoms with Gasteiger partial charge in [-0.2, -0.15) is 13.5 Å². The lowest BCUT2D eigenvalue weighted by molar-refractivity contribution is 0.0200. The number of fused-ring (bicyclic) bond motifs is 1. The summed E-state index contributed by atoms with van der Waals surface area (Å²) in [5, 5.41) is 7.76. The Hall–Kier alpha value is -3.11. The molecule has 0 bridgehead atoms. The van der Waals surface area contributed by atoms with Crippen molar-refractivity contribution in [3.05, 3.63) is 75.5 Å². The third-order valence-corrected chi connectivity index (χ3v) is 6.45. The summed E-state index contributed by atoms with van der Waals surface area (Å²) in [7, 11) is -3.61. The molecule has 1 N–H and O–H groups in total. The van der Waals surface area contributed by atoms with Crippen LogP contribution in [0.25, 0.3) is 10.8 Å². The van der Waals surface area contributed by atoms with Gasteiger partial charge in [-0.05, 0) is 30.7 Å². The monoisotopic (exact) mass is 445 g/mol. The Labute approximate surface area is 177 Å². The van der Waals surface area contributed by atoms with Gasteiger partial charge in [-0.3, -0.25) is 13.8 Å². The molecule has 1 saturated heterocycles. The minimum atomic E-state index is -3.61. The Balaban J connectivity index is 1.53. The van der Waals surface area contributed by atoms with Gasteiger partial charge in [-0.15, -0.1) is 0 Å². The average Bonchev–Trinajstić information content (AvgIpc) is 2.73. The molecule has 1 amide bonds. The first kappa shape index (κ1) is 21.1. The van der Waals surface area contributed by atoms with E-state index in [1.807, 2.05) is 0 Å². The molecule has 1 aromatic heterocycles. The average molecular weight is 445 g/mol. The van der Waals surface area contributed by atoms with Crippen molar-refractivity contribution < 1.29 is 21.8 Å². The van der Waals surface area contributed by atoms with E-state index in [0.29, 0.717) is 28.5 Å². The number of nitrogens with zero attached hydrogens (tertiary/aromatic N) is 2. The van der Waals surface area contributed by atoms with Crippen LogP contribution >= 0.6 is 0 Å². The van der Waals surface area contributed by atoms with E-state index in [9.17, 15) is 22.4 Å². The fourth-order valence-corrected chi connectivity index (χ4v) is 4.13. The van der Waals surface area contributed by atoms with Gasteiger partial charge in [0, 0.05) is 11.8 Å². The smallest absolute Gasteiger partial charge is 0.272 e. The number of nitrogens with one attached hydrogen (secondary N) is 1. The molecule has 1 fully saturated rings. The highest BCUT2D eigenvalue weighted by Crippen LogP contribution is 2.22. The number of carbonyl (C=O) groups is 1. The van der Waals surface area contributed by atoms with E-state index >= 15 is 0 Å². The minimum absolute atomic E-state index is 0.0772. The van der Waals surface area contributed by atoms with Crippen molar-refractivity contribution in [3.8, 4) is 0 Å². The predicted octanol–water partition coefficient (Wildman–Crippen LogP) is 1.84. The molecule has 8 nitrogen and oxygen atoms in total. The highest BCUT2D eigenvalue weighted by Gasteiger charge is 2.35. The Kier molecular flexibility index (Phi) is 5.59. The van der Waals surface area contributed by atoms with Crippen molar-refractivity contribution in [2.24, 2.45) is 0 Å². The second-order valence-corrected chi connectivity index (χ2v) is 9.20. The van der Waals surface area contributed by atoms with Crippen LogP contribution in [-0.2, 0) is 20.7 Å². The molecule has 2 aromatic carbocycles. The third-order valence-electron chi connectivity index (χ3n) is 5.18. The standard InChI is InChI=1S/C21H20FN3O5S/c1-2-31(28,29)30-14-11-25(12-14)21(27)17-9-13(7-8-18(17)22)10-19-15-5-3-4-6-16(15)20(26)24-23-19/h3-9,14H,2,10-12H2,1H3,(H,24,26). The van der Waals surface area contributed by atoms with Crippen molar-refractivity contribution in [2.45, 2.75) is 19.4 Å². The number of aromatic amines is 1. The van der Waals surface area contributed by atoms with Gasteiger partial charge in [0.2, 0.25) is 0 Å². The molecule has 162 valence electrons. The van der Waals surface area contributed by atoms with Gasteiger partial charge in [0.15, 0.2) is 0 Å². The summed E-state index contributed by atoms with van der Waals surface area (Å²) < 4.78 is 42.4. The molecule has 0 radical (unpaired) electrons. The normalized spacial score (nSPS) is 14.6. The second kappa shape index (κ2) is 8.20. The highest BCUT2D eigenvalue weighted by atomic mass is 32.2. The number of H-pyrrole nitrogens is 1. The van der Waals surface area contributed by atoms with E-state index in [-0.39, 0.29) is 30.0 Å². The molecule has 2 heterocycles. The van der Waals surface area contributed by atoms with Gasteiger partial charge in [-0.25, -0.2) is 9.49 Å². The molecule has 0 unspecified atom stereocenters. The van der Waals surface area contributed by atoms with Gasteiger partial charge in [0.1, 0.15) is 11.9 Å². The van der Waals surface area contributed by atoms with Crippen LogP contribution in [0.1, 0.15) is 28.5 Å². The summed E-state index contributed by atoms with van der Waals surface area (Å²) in [6.45, 7) is 1.62. The van der Waals surface area contributed by atoms with Gasteiger partial charge >= 0.3 is 0 Å². The Morgan fingerprint density at radius 3 is 2.65 bits per heavy atom. The lowest BCUT2D eigenvalue weighted by atomic mass is 10.0. The molecular weight excluding hydrogens is 425 g/mol. The molecule has 0 spiro atoms. The fraction of sp³-hybridized carbons (Fsp3) is 0.286. The van der Waals surface area contributed by atoms with Gasteiger partial charge < -0.3 is 4.90 Å². The lowest BCUT2D eigenvalue weighted by Crippen LogP contribution is -2.55. The van der Waals surface area contributed by atoms with Crippen molar-refractivity contribution in [3.63, 3.8) is 0 Å². The zero-order valence-corrected chi connectivity index (χ0v) is 17.5.